The van der Waals surface area contributed by atoms with E-state index in [0.29, 0.717) is 0 Å². The van der Waals surface area contributed by atoms with Gasteiger partial charge in [-0.05, 0) is 49.4 Å². The van der Waals surface area contributed by atoms with Crippen molar-refractivity contribution in [1.82, 2.24) is 5.32 Å². The second-order valence-electron chi connectivity index (χ2n) is 4.72. The Morgan fingerprint density at radius 1 is 1.44 bits per heavy atom. The number of ether oxygens (including phenoxy) is 1. The first-order valence-electron chi connectivity index (χ1n) is 6.34. The number of benzene rings is 1. The molecule has 0 aliphatic heterocycles. The minimum absolute atomic E-state index is 0.0108. The Balaban J connectivity index is 1.85. The van der Waals surface area contributed by atoms with Crippen LogP contribution in [0.15, 0.2) is 18.2 Å². The zero-order chi connectivity index (χ0) is 13.0. The largest absolute Gasteiger partial charge is 0.484 e. The number of aryl methyl sites for hydroxylation is 2. The molecule has 1 aromatic rings. The summed E-state index contributed by atoms with van der Waals surface area (Å²) in [4.78, 5) is 11.5. The lowest BCUT2D eigenvalue weighted by molar-refractivity contribution is -0.123. The molecule has 1 aliphatic carbocycles. The van der Waals surface area contributed by atoms with E-state index < -0.39 is 0 Å². The van der Waals surface area contributed by atoms with Crippen molar-refractivity contribution in [1.29, 1.82) is 0 Å². The second-order valence-corrected chi connectivity index (χ2v) is 4.72. The van der Waals surface area contributed by atoms with Crippen LogP contribution in [-0.4, -0.2) is 30.3 Å². The van der Waals surface area contributed by atoms with Gasteiger partial charge in [0.1, 0.15) is 5.75 Å². The molecular formula is C14H19NO3. The lowest BCUT2D eigenvalue weighted by atomic mass is 10.1. The maximum absolute atomic E-state index is 11.5. The molecule has 0 saturated carbocycles. The number of hydrogen-bond acceptors (Lipinski definition) is 3. The number of aliphatic hydroxyl groups excluding tert-OH is 1. The van der Waals surface area contributed by atoms with Crippen molar-refractivity contribution in [2.24, 2.45) is 0 Å². The zero-order valence-electron chi connectivity index (χ0n) is 10.6. The molecule has 1 aromatic carbocycles. The minimum Gasteiger partial charge on any atom is -0.484 e. The van der Waals surface area contributed by atoms with Crippen molar-refractivity contribution >= 4 is 5.91 Å². The van der Waals surface area contributed by atoms with Crippen molar-refractivity contribution in [3.63, 3.8) is 0 Å². The summed E-state index contributed by atoms with van der Waals surface area (Å²) in [6, 6.07) is 5.77. The summed E-state index contributed by atoms with van der Waals surface area (Å²) < 4.78 is 5.44. The first-order chi connectivity index (χ1) is 8.69. The van der Waals surface area contributed by atoms with Crippen LogP contribution in [0.4, 0.5) is 0 Å². The third kappa shape index (κ3) is 3.23. The van der Waals surface area contributed by atoms with Crippen LogP contribution >= 0.6 is 0 Å². The number of hydrogen-bond donors (Lipinski definition) is 2. The van der Waals surface area contributed by atoms with Crippen LogP contribution in [-0.2, 0) is 17.6 Å². The van der Waals surface area contributed by atoms with E-state index >= 15 is 0 Å². The predicted octanol–water partition coefficient (Wildman–Crippen LogP) is 1.05. The first kappa shape index (κ1) is 12.9. The summed E-state index contributed by atoms with van der Waals surface area (Å²) >= 11 is 0. The molecule has 0 spiro atoms. The molecule has 1 atom stereocenters. The molecule has 4 nitrogen and oxygen atoms in total. The fraction of sp³-hybridized carbons (Fsp3) is 0.500. The Morgan fingerprint density at radius 3 is 3.00 bits per heavy atom. The summed E-state index contributed by atoms with van der Waals surface area (Å²) in [5.74, 6) is 0.527. The van der Waals surface area contributed by atoms with Crippen LogP contribution in [0.2, 0.25) is 0 Å². The quantitative estimate of drug-likeness (QED) is 0.820. The molecule has 0 unspecified atom stereocenters. The van der Waals surface area contributed by atoms with E-state index in [4.69, 9.17) is 9.84 Å². The highest BCUT2D eigenvalue weighted by Gasteiger charge is 2.12. The highest BCUT2D eigenvalue weighted by molar-refractivity contribution is 5.77. The highest BCUT2D eigenvalue weighted by atomic mass is 16.5. The standard InChI is InChI=1S/C14H19NO3/c1-10(8-16)15-14(17)9-18-13-6-5-11-3-2-4-12(11)7-13/h5-7,10,16H,2-4,8-9H2,1H3,(H,15,17)/t10-/m1/s1. The minimum atomic E-state index is -0.235. The molecule has 1 aliphatic rings. The van der Waals surface area contributed by atoms with Crippen molar-refractivity contribution < 1.29 is 14.6 Å². The van der Waals surface area contributed by atoms with Gasteiger partial charge in [-0.1, -0.05) is 6.07 Å². The maximum Gasteiger partial charge on any atom is 0.258 e. The number of nitrogens with one attached hydrogen (secondary N) is 1. The van der Waals surface area contributed by atoms with Gasteiger partial charge in [0.2, 0.25) is 0 Å². The number of amides is 1. The topological polar surface area (TPSA) is 58.6 Å². The Kier molecular flexibility index (Phi) is 4.20. The monoisotopic (exact) mass is 249 g/mol. The zero-order valence-corrected chi connectivity index (χ0v) is 10.6. The van der Waals surface area contributed by atoms with Gasteiger partial charge in [-0.2, -0.15) is 0 Å². The van der Waals surface area contributed by atoms with Crippen LogP contribution in [0.1, 0.15) is 24.5 Å². The van der Waals surface area contributed by atoms with Crippen molar-refractivity contribution in [3.8, 4) is 5.75 Å². The van der Waals surface area contributed by atoms with E-state index in [-0.39, 0.29) is 25.2 Å². The predicted molar refractivity (Wildman–Crippen MR) is 68.7 cm³/mol. The average Bonchev–Trinajstić information content (AvgIpc) is 2.83. The van der Waals surface area contributed by atoms with Gasteiger partial charge in [0, 0.05) is 6.04 Å². The van der Waals surface area contributed by atoms with Gasteiger partial charge in [0.05, 0.1) is 6.61 Å². The van der Waals surface area contributed by atoms with E-state index in [1.54, 1.807) is 6.92 Å². The molecule has 4 heteroatoms. The van der Waals surface area contributed by atoms with E-state index in [9.17, 15) is 4.79 Å². The lowest BCUT2D eigenvalue weighted by Gasteiger charge is -2.12. The summed E-state index contributed by atoms with van der Waals surface area (Å²) in [7, 11) is 0. The van der Waals surface area contributed by atoms with Gasteiger partial charge in [0.25, 0.3) is 5.91 Å². The first-order valence-corrected chi connectivity index (χ1v) is 6.34. The third-order valence-corrected chi connectivity index (χ3v) is 3.12. The van der Waals surface area contributed by atoms with Gasteiger partial charge in [-0.3, -0.25) is 4.79 Å². The van der Waals surface area contributed by atoms with Gasteiger partial charge in [-0.25, -0.2) is 0 Å². The molecular weight excluding hydrogens is 230 g/mol. The molecule has 18 heavy (non-hydrogen) atoms. The number of rotatable bonds is 5. The van der Waals surface area contributed by atoms with Gasteiger partial charge in [0.15, 0.2) is 6.61 Å². The molecule has 0 radical (unpaired) electrons. The lowest BCUT2D eigenvalue weighted by Crippen LogP contribution is -2.38. The van der Waals surface area contributed by atoms with Crippen LogP contribution < -0.4 is 10.1 Å². The smallest absolute Gasteiger partial charge is 0.258 e. The van der Waals surface area contributed by atoms with Crippen LogP contribution in [0.25, 0.3) is 0 Å². The maximum atomic E-state index is 11.5. The van der Waals surface area contributed by atoms with Crippen LogP contribution in [0.5, 0.6) is 5.75 Å². The number of fused-ring (bicyclic) bond motifs is 1. The molecule has 0 saturated heterocycles. The number of aliphatic hydroxyl groups is 1. The molecule has 2 rings (SSSR count). The fourth-order valence-electron chi connectivity index (χ4n) is 2.15. The van der Waals surface area contributed by atoms with E-state index in [2.05, 4.69) is 11.4 Å². The highest BCUT2D eigenvalue weighted by Crippen LogP contribution is 2.25. The van der Waals surface area contributed by atoms with E-state index in [0.717, 1.165) is 18.6 Å². The molecule has 1 amide bonds. The van der Waals surface area contributed by atoms with Gasteiger partial charge < -0.3 is 15.2 Å². The van der Waals surface area contributed by atoms with Crippen LogP contribution in [0.3, 0.4) is 0 Å². The van der Waals surface area contributed by atoms with Gasteiger partial charge in [-0.15, -0.1) is 0 Å². The SMILES string of the molecule is C[C@H](CO)NC(=O)COc1ccc2c(c1)CCC2. The number of carbonyl (C=O) groups excluding carboxylic acids is 1. The van der Waals surface area contributed by atoms with E-state index in [1.165, 1.54) is 17.5 Å². The van der Waals surface area contributed by atoms with E-state index in [1.807, 2.05) is 12.1 Å². The summed E-state index contributed by atoms with van der Waals surface area (Å²) in [5, 5.41) is 11.5. The Hall–Kier alpha value is -1.55. The molecule has 0 heterocycles. The molecule has 0 bridgehead atoms. The Bertz CT molecular complexity index is 431. The van der Waals surface area contributed by atoms with Crippen molar-refractivity contribution in [2.75, 3.05) is 13.2 Å². The normalized spacial score (nSPS) is 15.0. The molecule has 2 N–H and O–H groups in total. The van der Waals surface area contributed by atoms with Crippen LogP contribution in [0, 0.1) is 0 Å². The summed E-state index contributed by atoms with van der Waals surface area (Å²) in [6.45, 7) is 1.67. The third-order valence-electron chi connectivity index (χ3n) is 3.12. The molecule has 0 fully saturated rings. The molecule has 98 valence electrons. The molecule has 0 aromatic heterocycles. The second kappa shape index (κ2) is 5.87. The summed E-state index contributed by atoms with van der Waals surface area (Å²) in [5.41, 5.74) is 2.72. The van der Waals surface area contributed by atoms with Gasteiger partial charge >= 0.3 is 0 Å². The summed E-state index contributed by atoms with van der Waals surface area (Å²) in [6.07, 6.45) is 3.44. The number of carbonyl (C=O) groups is 1. The average molecular weight is 249 g/mol. The fourth-order valence-corrected chi connectivity index (χ4v) is 2.15. The van der Waals surface area contributed by atoms with Crippen molar-refractivity contribution in [2.45, 2.75) is 32.2 Å². The Labute approximate surface area is 107 Å². The Morgan fingerprint density at radius 2 is 2.22 bits per heavy atom. The van der Waals surface area contributed by atoms with Crippen molar-refractivity contribution in [3.05, 3.63) is 29.3 Å².